The molecule has 0 unspecified atom stereocenters. The molecular formula is C32H43N3O2S. The summed E-state index contributed by atoms with van der Waals surface area (Å²) in [5.74, 6) is 2.21. The molecule has 0 N–H and O–H groups in total. The molecule has 0 fully saturated rings. The second-order valence-electron chi connectivity index (χ2n) is 10.9. The monoisotopic (exact) mass is 533 g/mol. The van der Waals surface area contributed by atoms with Crippen LogP contribution in [0.15, 0.2) is 34.1 Å². The van der Waals surface area contributed by atoms with Crippen LogP contribution in [0.3, 0.4) is 0 Å². The first-order valence-electron chi connectivity index (χ1n) is 14.3. The van der Waals surface area contributed by atoms with Gasteiger partial charge in [-0.3, -0.25) is 0 Å². The third kappa shape index (κ3) is 7.39. The Kier molecular flexibility index (Phi) is 11.7. The third-order valence-electron chi connectivity index (χ3n) is 6.78. The second kappa shape index (κ2) is 14.9. The fraction of sp³-hybridized carbons (Fsp3) is 0.562. The smallest absolute Gasteiger partial charge is 0.163 e. The Morgan fingerprint density at radius 2 is 1.42 bits per heavy atom. The van der Waals surface area contributed by atoms with Crippen LogP contribution in [0.4, 0.5) is 11.4 Å². The van der Waals surface area contributed by atoms with Gasteiger partial charge in [-0.15, -0.1) is 0 Å². The zero-order valence-electron chi connectivity index (χ0n) is 23.8. The molecule has 1 aliphatic heterocycles. The maximum Gasteiger partial charge on any atom is 0.163 e. The van der Waals surface area contributed by atoms with Crippen molar-refractivity contribution in [3.8, 4) is 23.6 Å². The minimum absolute atomic E-state index is 0.285. The molecule has 38 heavy (non-hydrogen) atoms. The van der Waals surface area contributed by atoms with Crippen molar-refractivity contribution in [2.75, 3.05) is 24.7 Å². The maximum absolute atomic E-state index is 10.3. The fourth-order valence-electron chi connectivity index (χ4n) is 4.76. The molecule has 1 aliphatic rings. The average molecular weight is 534 g/mol. The van der Waals surface area contributed by atoms with Crippen molar-refractivity contribution in [2.24, 2.45) is 11.8 Å². The van der Waals surface area contributed by atoms with Gasteiger partial charge in [0.15, 0.2) is 11.5 Å². The molecule has 0 bridgehead atoms. The topological polar surface area (TPSA) is 69.3 Å². The van der Waals surface area contributed by atoms with Gasteiger partial charge in [-0.05, 0) is 56.1 Å². The van der Waals surface area contributed by atoms with Gasteiger partial charge in [0.25, 0.3) is 0 Å². The van der Waals surface area contributed by atoms with Crippen LogP contribution >= 0.6 is 11.8 Å². The van der Waals surface area contributed by atoms with Crippen molar-refractivity contribution in [3.63, 3.8) is 0 Å². The van der Waals surface area contributed by atoms with E-state index in [-0.39, 0.29) is 11.1 Å². The van der Waals surface area contributed by atoms with E-state index < -0.39 is 0 Å². The predicted octanol–water partition coefficient (Wildman–Crippen LogP) is 9.24. The van der Waals surface area contributed by atoms with E-state index in [1.807, 2.05) is 6.07 Å². The Morgan fingerprint density at radius 1 is 0.816 bits per heavy atom. The first-order valence-corrected chi connectivity index (χ1v) is 15.1. The first kappa shape index (κ1) is 29.7. The van der Waals surface area contributed by atoms with E-state index in [4.69, 9.17) is 9.47 Å². The number of nitrogens with zero attached hydrogens (tertiary/aromatic N) is 3. The lowest BCUT2D eigenvalue weighted by molar-refractivity contribution is 0.283. The molecule has 6 heteroatoms. The number of para-hydroxylation sites is 1. The van der Waals surface area contributed by atoms with Gasteiger partial charge < -0.3 is 14.4 Å². The highest BCUT2D eigenvalue weighted by Gasteiger charge is 2.34. The Labute approximate surface area is 234 Å². The van der Waals surface area contributed by atoms with E-state index in [0.717, 1.165) is 66.2 Å². The van der Waals surface area contributed by atoms with Crippen molar-refractivity contribution in [1.82, 2.24) is 0 Å². The molecule has 0 aromatic heterocycles. The van der Waals surface area contributed by atoms with E-state index in [1.54, 1.807) is 11.8 Å². The van der Waals surface area contributed by atoms with Gasteiger partial charge >= 0.3 is 0 Å². The summed E-state index contributed by atoms with van der Waals surface area (Å²) in [6.07, 6.45) is 8.42. The maximum atomic E-state index is 10.3. The van der Waals surface area contributed by atoms with Gasteiger partial charge in [-0.1, -0.05) is 77.8 Å². The number of hydrogen-bond acceptors (Lipinski definition) is 6. The van der Waals surface area contributed by atoms with Crippen LogP contribution in [0.5, 0.6) is 11.5 Å². The summed E-state index contributed by atoms with van der Waals surface area (Å²) in [5.41, 5.74) is 2.57. The number of unbranched alkanes of at least 4 members (excludes halogenated alkanes) is 3. The van der Waals surface area contributed by atoms with E-state index in [9.17, 15) is 10.5 Å². The summed E-state index contributed by atoms with van der Waals surface area (Å²) in [4.78, 5) is 4.32. The van der Waals surface area contributed by atoms with Crippen molar-refractivity contribution in [1.29, 1.82) is 10.5 Å². The standard InChI is InChI=1S/C32H43N3O2S/c1-6-7-8-11-18-35-27-16-9-10-17-28(27)38-32-29(35)30(36-19-12-14-23(2)3)25(21-33)26(22-34)31(32)37-20-13-15-24(4)5/h9-10,16-17,23-24H,6-8,11-15,18-20H2,1-5H3. The number of ether oxygens (including phenoxy) is 2. The largest absolute Gasteiger partial charge is 0.491 e. The quantitative estimate of drug-likeness (QED) is 0.212. The molecule has 1 heterocycles. The second-order valence-corrected chi connectivity index (χ2v) is 11.9. The predicted molar refractivity (Wildman–Crippen MR) is 157 cm³/mol. The number of nitriles is 2. The summed E-state index contributed by atoms with van der Waals surface area (Å²) >= 11 is 1.62. The van der Waals surface area contributed by atoms with Gasteiger partial charge in [0.05, 0.1) is 23.8 Å². The summed E-state index contributed by atoms with van der Waals surface area (Å²) in [7, 11) is 0. The highest BCUT2D eigenvalue weighted by atomic mass is 32.2. The number of benzene rings is 2. The average Bonchev–Trinajstić information content (AvgIpc) is 2.90. The number of fused-ring (bicyclic) bond motifs is 2. The van der Waals surface area contributed by atoms with Crippen LogP contribution in [0.25, 0.3) is 0 Å². The lowest BCUT2D eigenvalue weighted by Crippen LogP contribution is -2.24. The molecule has 3 rings (SSSR count). The minimum atomic E-state index is 0.285. The molecular weight excluding hydrogens is 490 g/mol. The zero-order chi connectivity index (χ0) is 27.5. The molecule has 0 atom stereocenters. The molecule has 0 saturated carbocycles. The Balaban J connectivity index is 2.14. The Morgan fingerprint density at radius 3 is 2.03 bits per heavy atom. The Hall–Kier alpha value is -2.83. The fourth-order valence-corrected chi connectivity index (χ4v) is 5.96. The molecule has 0 radical (unpaired) electrons. The highest BCUT2D eigenvalue weighted by molar-refractivity contribution is 7.99. The molecule has 0 amide bonds. The van der Waals surface area contributed by atoms with Gasteiger partial charge in [0, 0.05) is 11.4 Å². The van der Waals surface area contributed by atoms with Gasteiger partial charge in [0.2, 0.25) is 0 Å². The van der Waals surface area contributed by atoms with Gasteiger partial charge in [-0.25, -0.2) is 0 Å². The lowest BCUT2D eigenvalue weighted by atomic mass is 10.0. The first-order chi connectivity index (χ1) is 18.4. The lowest BCUT2D eigenvalue weighted by Gasteiger charge is -2.35. The number of anilines is 2. The molecule has 204 valence electrons. The number of rotatable bonds is 15. The van der Waals surface area contributed by atoms with Gasteiger partial charge in [0.1, 0.15) is 29.0 Å². The molecule has 0 aliphatic carbocycles. The van der Waals surface area contributed by atoms with Crippen molar-refractivity contribution >= 4 is 23.1 Å². The van der Waals surface area contributed by atoms with Crippen molar-refractivity contribution in [3.05, 3.63) is 35.4 Å². The van der Waals surface area contributed by atoms with E-state index in [2.05, 4.69) is 69.9 Å². The van der Waals surface area contributed by atoms with Crippen LogP contribution in [0.2, 0.25) is 0 Å². The van der Waals surface area contributed by atoms with Crippen LogP contribution < -0.4 is 14.4 Å². The third-order valence-corrected chi connectivity index (χ3v) is 7.93. The van der Waals surface area contributed by atoms with E-state index in [1.165, 1.54) is 12.8 Å². The van der Waals surface area contributed by atoms with Crippen molar-refractivity contribution in [2.45, 2.75) is 95.8 Å². The SMILES string of the molecule is CCCCCCN1c2ccccc2Sc2c(OCCCC(C)C)c(C#N)c(C#N)c(OCCCC(C)C)c21. The summed E-state index contributed by atoms with van der Waals surface area (Å²) in [6.45, 7) is 12.9. The van der Waals surface area contributed by atoms with Crippen molar-refractivity contribution < 1.29 is 9.47 Å². The minimum Gasteiger partial charge on any atom is -0.491 e. The summed E-state index contributed by atoms with van der Waals surface area (Å²) in [6, 6.07) is 13.0. The molecule has 0 saturated heterocycles. The summed E-state index contributed by atoms with van der Waals surface area (Å²) < 4.78 is 12.8. The zero-order valence-corrected chi connectivity index (χ0v) is 24.6. The van der Waals surface area contributed by atoms with E-state index in [0.29, 0.717) is 36.5 Å². The van der Waals surface area contributed by atoms with E-state index >= 15 is 0 Å². The van der Waals surface area contributed by atoms with Crippen LogP contribution in [0.1, 0.15) is 97.1 Å². The van der Waals surface area contributed by atoms with Crippen LogP contribution in [-0.4, -0.2) is 19.8 Å². The molecule has 5 nitrogen and oxygen atoms in total. The molecule has 2 aromatic carbocycles. The molecule has 2 aromatic rings. The van der Waals surface area contributed by atoms with Crippen LogP contribution in [0, 0.1) is 34.5 Å². The highest BCUT2D eigenvalue weighted by Crippen LogP contribution is 2.57. The normalized spacial score (nSPS) is 12.2. The van der Waals surface area contributed by atoms with Gasteiger partial charge in [-0.2, -0.15) is 10.5 Å². The Bertz CT molecular complexity index is 1150. The molecule has 0 spiro atoms. The summed E-state index contributed by atoms with van der Waals surface area (Å²) in [5, 5.41) is 20.6. The number of hydrogen-bond donors (Lipinski definition) is 0. The van der Waals surface area contributed by atoms with Crippen LogP contribution in [-0.2, 0) is 0 Å².